The second-order valence-corrected chi connectivity index (χ2v) is 4.28. The van der Waals surface area contributed by atoms with Crippen LogP contribution in [-0.2, 0) is 11.2 Å². The number of nitrogens with two attached hydrogens (primary N) is 1. The third-order valence-corrected chi connectivity index (χ3v) is 2.88. The van der Waals surface area contributed by atoms with Crippen LogP contribution in [-0.4, -0.2) is 25.6 Å². The molecule has 1 unspecified atom stereocenters. The molecule has 4 heteroatoms. The first-order chi connectivity index (χ1) is 8.67. The molecule has 3 N–H and O–H groups in total. The fourth-order valence-electron chi connectivity index (χ4n) is 1.70. The Morgan fingerprint density at radius 3 is 2.83 bits per heavy atom. The maximum absolute atomic E-state index is 11.5. The molecule has 0 radical (unpaired) electrons. The van der Waals surface area contributed by atoms with Crippen molar-refractivity contribution in [2.75, 3.05) is 13.7 Å². The lowest BCUT2D eigenvalue weighted by molar-refractivity contribution is -0.121. The second-order valence-electron chi connectivity index (χ2n) is 4.28. The van der Waals surface area contributed by atoms with Gasteiger partial charge in [0.1, 0.15) is 5.75 Å². The monoisotopic (exact) mass is 250 g/mol. The molecule has 0 aliphatic carbocycles. The van der Waals surface area contributed by atoms with Crippen molar-refractivity contribution in [1.82, 2.24) is 5.32 Å². The van der Waals surface area contributed by atoms with E-state index in [0.29, 0.717) is 13.0 Å². The number of amides is 1. The Bertz CT molecular complexity index is 380. The lowest BCUT2D eigenvalue weighted by atomic mass is 10.1. The van der Waals surface area contributed by atoms with E-state index in [1.165, 1.54) is 0 Å². The Balaban J connectivity index is 2.35. The van der Waals surface area contributed by atoms with Gasteiger partial charge in [-0.05, 0) is 24.5 Å². The molecule has 0 saturated heterocycles. The van der Waals surface area contributed by atoms with Crippen molar-refractivity contribution in [3.05, 3.63) is 29.8 Å². The molecule has 0 saturated carbocycles. The van der Waals surface area contributed by atoms with Crippen LogP contribution >= 0.6 is 0 Å². The van der Waals surface area contributed by atoms with Gasteiger partial charge < -0.3 is 15.8 Å². The third kappa shape index (κ3) is 4.75. The second kappa shape index (κ2) is 7.71. The molecule has 1 aromatic carbocycles. The van der Waals surface area contributed by atoms with E-state index in [0.717, 1.165) is 24.2 Å². The van der Waals surface area contributed by atoms with E-state index in [1.807, 2.05) is 31.2 Å². The highest BCUT2D eigenvalue weighted by Crippen LogP contribution is 2.17. The molecule has 1 amide bonds. The highest BCUT2D eigenvalue weighted by molar-refractivity contribution is 5.76. The Hall–Kier alpha value is -1.55. The molecule has 0 bridgehead atoms. The van der Waals surface area contributed by atoms with E-state index in [1.54, 1.807) is 7.11 Å². The van der Waals surface area contributed by atoms with Gasteiger partial charge in [0, 0.05) is 19.0 Å². The highest BCUT2D eigenvalue weighted by Gasteiger charge is 2.07. The summed E-state index contributed by atoms with van der Waals surface area (Å²) in [7, 11) is 1.65. The van der Waals surface area contributed by atoms with Crippen molar-refractivity contribution in [2.45, 2.75) is 32.2 Å². The summed E-state index contributed by atoms with van der Waals surface area (Å²) >= 11 is 0. The van der Waals surface area contributed by atoms with E-state index in [-0.39, 0.29) is 11.9 Å². The molecule has 4 nitrogen and oxygen atoms in total. The summed E-state index contributed by atoms with van der Waals surface area (Å²) in [6.45, 7) is 2.59. The van der Waals surface area contributed by atoms with Crippen LogP contribution in [0.15, 0.2) is 24.3 Å². The summed E-state index contributed by atoms with van der Waals surface area (Å²) in [5.74, 6) is 0.872. The normalized spacial score (nSPS) is 11.9. The Labute approximate surface area is 109 Å². The zero-order valence-corrected chi connectivity index (χ0v) is 11.1. The van der Waals surface area contributed by atoms with Crippen molar-refractivity contribution in [1.29, 1.82) is 0 Å². The van der Waals surface area contributed by atoms with Gasteiger partial charge in [-0.2, -0.15) is 0 Å². The van der Waals surface area contributed by atoms with Gasteiger partial charge in [-0.15, -0.1) is 0 Å². The van der Waals surface area contributed by atoms with Gasteiger partial charge in [-0.25, -0.2) is 0 Å². The average Bonchev–Trinajstić information content (AvgIpc) is 2.39. The first-order valence-electron chi connectivity index (χ1n) is 6.31. The summed E-state index contributed by atoms with van der Waals surface area (Å²) in [5, 5.41) is 2.87. The van der Waals surface area contributed by atoms with Gasteiger partial charge in [-0.3, -0.25) is 4.79 Å². The number of hydrogen-bond acceptors (Lipinski definition) is 3. The third-order valence-electron chi connectivity index (χ3n) is 2.88. The van der Waals surface area contributed by atoms with Gasteiger partial charge in [-0.1, -0.05) is 25.1 Å². The quantitative estimate of drug-likeness (QED) is 0.770. The predicted octanol–water partition coefficient (Wildman–Crippen LogP) is 1.48. The summed E-state index contributed by atoms with van der Waals surface area (Å²) in [6, 6.07) is 7.78. The van der Waals surface area contributed by atoms with E-state index >= 15 is 0 Å². The van der Waals surface area contributed by atoms with Crippen LogP contribution in [0.1, 0.15) is 25.3 Å². The first kappa shape index (κ1) is 14.5. The van der Waals surface area contributed by atoms with Crippen LogP contribution < -0.4 is 15.8 Å². The molecule has 1 aromatic rings. The molecule has 0 aliphatic heterocycles. The molecule has 0 aromatic heterocycles. The molecule has 1 rings (SSSR count). The number of ether oxygens (including phenoxy) is 1. The number of benzene rings is 1. The maximum Gasteiger partial charge on any atom is 0.221 e. The lowest BCUT2D eigenvalue weighted by Gasteiger charge is -2.11. The maximum atomic E-state index is 11.5. The minimum absolute atomic E-state index is 0.0132. The average molecular weight is 250 g/mol. The molecule has 100 valence electrons. The van der Waals surface area contributed by atoms with Gasteiger partial charge in [0.25, 0.3) is 0 Å². The number of hydrogen-bond donors (Lipinski definition) is 2. The number of para-hydroxylation sites is 1. The first-order valence-corrected chi connectivity index (χ1v) is 6.31. The number of methoxy groups -OCH3 is 1. The fraction of sp³-hybridized carbons (Fsp3) is 0.500. The molecular formula is C14H22N2O2. The number of carbonyl (C=O) groups excluding carboxylic acids is 1. The lowest BCUT2D eigenvalue weighted by Crippen LogP contribution is -2.32. The van der Waals surface area contributed by atoms with Crippen molar-refractivity contribution >= 4 is 5.91 Å². The molecule has 0 spiro atoms. The minimum atomic E-state index is -0.0451. The standard InChI is InChI=1S/C14H22N2O2/c1-3-12(15)10-14(17)16-9-8-11-6-4-5-7-13(11)18-2/h4-7,12H,3,8-10,15H2,1-2H3,(H,16,17). The van der Waals surface area contributed by atoms with E-state index in [4.69, 9.17) is 10.5 Å². The van der Waals surface area contributed by atoms with Gasteiger partial charge in [0.15, 0.2) is 0 Å². The minimum Gasteiger partial charge on any atom is -0.496 e. The smallest absolute Gasteiger partial charge is 0.221 e. The van der Waals surface area contributed by atoms with Crippen LogP contribution in [0.5, 0.6) is 5.75 Å². The van der Waals surface area contributed by atoms with Crippen molar-refractivity contribution < 1.29 is 9.53 Å². The number of carbonyl (C=O) groups is 1. The zero-order valence-electron chi connectivity index (χ0n) is 11.1. The van der Waals surface area contributed by atoms with Crippen LogP contribution in [0.2, 0.25) is 0 Å². The fourth-order valence-corrected chi connectivity index (χ4v) is 1.70. The van der Waals surface area contributed by atoms with Crippen LogP contribution in [0.25, 0.3) is 0 Å². The zero-order chi connectivity index (χ0) is 13.4. The number of rotatable bonds is 7. The SMILES string of the molecule is CCC(N)CC(=O)NCCc1ccccc1OC. The van der Waals surface area contributed by atoms with E-state index < -0.39 is 0 Å². The van der Waals surface area contributed by atoms with Crippen LogP contribution in [0.4, 0.5) is 0 Å². The predicted molar refractivity (Wildman–Crippen MR) is 72.6 cm³/mol. The van der Waals surface area contributed by atoms with Crippen LogP contribution in [0, 0.1) is 0 Å². The molecule has 18 heavy (non-hydrogen) atoms. The Kier molecular flexibility index (Phi) is 6.22. The largest absolute Gasteiger partial charge is 0.496 e. The van der Waals surface area contributed by atoms with Crippen molar-refractivity contribution in [3.63, 3.8) is 0 Å². The van der Waals surface area contributed by atoms with Gasteiger partial charge in [0.2, 0.25) is 5.91 Å². The molecule has 0 aliphatic rings. The summed E-state index contributed by atoms with van der Waals surface area (Å²) in [6.07, 6.45) is 1.97. The van der Waals surface area contributed by atoms with Gasteiger partial charge >= 0.3 is 0 Å². The molecular weight excluding hydrogens is 228 g/mol. The van der Waals surface area contributed by atoms with Crippen LogP contribution in [0.3, 0.4) is 0 Å². The van der Waals surface area contributed by atoms with Crippen molar-refractivity contribution in [3.8, 4) is 5.75 Å². The summed E-state index contributed by atoms with van der Waals surface area (Å²) < 4.78 is 5.25. The number of nitrogens with one attached hydrogen (secondary N) is 1. The molecule has 0 heterocycles. The summed E-state index contributed by atoms with van der Waals surface area (Å²) in [5.41, 5.74) is 6.82. The highest BCUT2D eigenvalue weighted by atomic mass is 16.5. The Morgan fingerprint density at radius 2 is 2.17 bits per heavy atom. The topological polar surface area (TPSA) is 64.4 Å². The Morgan fingerprint density at radius 1 is 1.44 bits per heavy atom. The molecule has 0 fully saturated rings. The summed E-state index contributed by atoms with van der Waals surface area (Å²) in [4.78, 5) is 11.5. The van der Waals surface area contributed by atoms with Gasteiger partial charge in [0.05, 0.1) is 7.11 Å². The molecule has 1 atom stereocenters. The van der Waals surface area contributed by atoms with E-state index in [2.05, 4.69) is 5.32 Å². The van der Waals surface area contributed by atoms with Crippen molar-refractivity contribution in [2.24, 2.45) is 5.73 Å². The van der Waals surface area contributed by atoms with E-state index in [9.17, 15) is 4.79 Å².